The highest BCUT2D eigenvalue weighted by Gasteiger charge is 2.37. The van der Waals surface area contributed by atoms with Gasteiger partial charge in [-0.05, 0) is 37.0 Å². The van der Waals surface area contributed by atoms with Crippen molar-refractivity contribution in [1.82, 2.24) is 10.9 Å². The number of ether oxygens (including phenoxy) is 2. The van der Waals surface area contributed by atoms with Gasteiger partial charge >= 0.3 is 5.91 Å². The summed E-state index contributed by atoms with van der Waals surface area (Å²) in [5, 5.41) is 0. The summed E-state index contributed by atoms with van der Waals surface area (Å²) in [4.78, 5) is 37.6. The van der Waals surface area contributed by atoms with Crippen molar-refractivity contribution in [3.63, 3.8) is 0 Å². The Kier molecular flexibility index (Phi) is 6.38. The van der Waals surface area contributed by atoms with Crippen molar-refractivity contribution >= 4 is 17.6 Å². The van der Waals surface area contributed by atoms with Crippen molar-refractivity contribution in [2.24, 2.45) is 5.41 Å². The fourth-order valence-corrected chi connectivity index (χ4v) is 3.68. The van der Waals surface area contributed by atoms with E-state index in [1.165, 1.54) is 13.2 Å². The van der Waals surface area contributed by atoms with E-state index < -0.39 is 11.8 Å². The van der Waals surface area contributed by atoms with Gasteiger partial charge in [0.15, 0.2) is 23.0 Å². The first-order valence-electron chi connectivity index (χ1n) is 10.2. The van der Waals surface area contributed by atoms with Gasteiger partial charge in [-0.2, -0.15) is 0 Å². The first kappa shape index (κ1) is 22.4. The lowest BCUT2D eigenvalue weighted by atomic mass is 9.76. The molecule has 0 unspecified atom stereocenters. The van der Waals surface area contributed by atoms with Crippen LogP contribution in [0.1, 0.15) is 76.2 Å². The summed E-state index contributed by atoms with van der Waals surface area (Å²) in [6.45, 7) is 8.17. The maximum atomic E-state index is 12.6. The Bertz CT molecular complexity index is 1020. The first-order valence-corrected chi connectivity index (χ1v) is 10.2. The third-order valence-electron chi connectivity index (χ3n) is 5.16. The number of amides is 2. The summed E-state index contributed by atoms with van der Waals surface area (Å²) >= 11 is 0. The molecule has 0 saturated carbocycles. The predicted octanol–water partition coefficient (Wildman–Crippen LogP) is 3.62. The van der Waals surface area contributed by atoms with E-state index in [1.54, 1.807) is 19.1 Å². The van der Waals surface area contributed by atoms with Crippen LogP contribution in [0.2, 0.25) is 0 Å². The van der Waals surface area contributed by atoms with Crippen molar-refractivity contribution in [2.45, 2.75) is 47.0 Å². The van der Waals surface area contributed by atoms with Crippen LogP contribution in [0, 0.1) is 12.3 Å². The average Bonchev–Trinajstić information content (AvgIpc) is 3.05. The zero-order chi connectivity index (χ0) is 22.8. The minimum Gasteiger partial charge on any atom is -0.493 e. The van der Waals surface area contributed by atoms with Crippen molar-refractivity contribution in [2.75, 3.05) is 13.7 Å². The van der Waals surface area contributed by atoms with Crippen LogP contribution < -0.4 is 20.3 Å². The van der Waals surface area contributed by atoms with Crippen molar-refractivity contribution in [3.05, 3.63) is 46.4 Å². The number of fused-ring (bicyclic) bond motifs is 1. The third kappa shape index (κ3) is 4.73. The maximum absolute atomic E-state index is 12.6. The van der Waals surface area contributed by atoms with E-state index in [2.05, 4.69) is 10.9 Å². The molecule has 166 valence electrons. The molecule has 1 aliphatic carbocycles. The number of nitrogens with one attached hydrogen (secondary N) is 2. The number of ketones is 1. The summed E-state index contributed by atoms with van der Waals surface area (Å²) in [5.74, 6) is 0.311. The Morgan fingerprint density at radius 2 is 1.84 bits per heavy atom. The molecule has 0 saturated heterocycles. The molecule has 2 amide bonds. The molecule has 1 aliphatic rings. The SMILES string of the molecule is CCCOc1ccc(C(=O)NNC(=O)c2oc3c(c2C)C(=O)CC(C)(C)C3)cc1OC. The lowest BCUT2D eigenvalue weighted by Crippen LogP contribution is -2.41. The fraction of sp³-hybridized carbons (Fsp3) is 0.435. The molecule has 8 nitrogen and oxygen atoms in total. The number of methoxy groups -OCH3 is 1. The molecular weight excluding hydrogens is 400 g/mol. The molecular formula is C23H28N2O6. The van der Waals surface area contributed by atoms with Crippen LogP contribution in [0.3, 0.4) is 0 Å². The number of hydrazine groups is 1. The molecule has 1 aromatic heterocycles. The molecule has 3 rings (SSSR count). The van der Waals surface area contributed by atoms with Crippen LogP contribution in [0.15, 0.2) is 22.6 Å². The zero-order valence-corrected chi connectivity index (χ0v) is 18.5. The number of Topliss-reactive ketones (excluding diaryl/α,β-unsaturated/α-hetero) is 1. The molecule has 1 aromatic carbocycles. The molecule has 0 atom stereocenters. The second kappa shape index (κ2) is 8.83. The lowest BCUT2D eigenvalue weighted by Gasteiger charge is -2.27. The molecule has 0 bridgehead atoms. The van der Waals surface area contributed by atoms with Crippen LogP contribution in [0.25, 0.3) is 0 Å². The summed E-state index contributed by atoms with van der Waals surface area (Å²) in [7, 11) is 1.49. The Labute approximate surface area is 181 Å². The predicted molar refractivity (Wildman–Crippen MR) is 114 cm³/mol. The van der Waals surface area contributed by atoms with Gasteiger partial charge in [0, 0.05) is 24.0 Å². The number of hydrogen-bond donors (Lipinski definition) is 2. The van der Waals surface area contributed by atoms with E-state index in [0.717, 1.165) is 6.42 Å². The van der Waals surface area contributed by atoms with Crippen LogP contribution >= 0.6 is 0 Å². The summed E-state index contributed by atoms with van der Waals surface area (Å²) < 4.78 is 16.6. The zero-order valence-electron chi connectivity index (χ0n) is 18.5. The van der Waals surface area contributed by atoms with Gasteiger partial charge < -0.3 is 13.9 Å². The molecule has 2 N–H and O–H groups in total. The fourth-order valence-electron chi connectivity index (χ4n) is 3.68. The minimum absolute atomic E-state index is 0.0252. The molecule has 8 heteroatoms. The highest BCUT2D eigenvalue weighted by molar-refractivity contribution is 6.04. The van der Waals surface area contributed by atoms with Crippen LogP contribution in [-0.2, 0) is 6.42 Å². The monoisotopic (exact) mass is 428 g/mol. The van der Waals surface area contributed by atoms with E-state index in [1.807, 2.05) is 20.8 Å². The molecule has 0 aliphatic heterocycles. The van der Waals surface area contributed by atoms with Gasteiger partial charge in [-0.1, -0.05) is 20.8 Å². The van der Waals surface area contributed by atoms with Crippen LogP contribution in [0.5, 0.6) is 11.5 Å². The van der Waals surface area contributed by atoms with E-state index in [4.69, 9.17) is 13.9 Å². The highest BCUT2D eigenvalue weighted by Crippen LogP contribution is 2.38. The molecule has 0 radical (unpaired) electrons. The van der Waals surface area contributed by atoms with E-state index >= 15 is 0 Å². The lowest BCUT2D eigenvalue weighted by molar-refractivity contribution is 0.0827. The summed E-state index contributed by atoms with van der Waals surface area (Å²) in [6.07, 6.45) is 1.81. The van der Waals surface area contributed by atoms with Gasteiger partial charge in [0.25, 0.3) is 5.91 Å². The third-order valence-corrected chi connectivity index (χ3v) is 5.16. The number of rotatable bonds is 6. The molecule has 31 heavy (non-hydrogen) atoms. The van der Waals surface area contributed by atoms with E-state index in [0.29, 0.717) is 47.8 Å². The molecule has 1 heterocycles. The average molecular weight is 428 g/mol. The van der Waals surface area contributed by atoms with Gasteiger partial charge in [-0.3, -0.25) is 25.2 Å². The number of benzene rings is 1. The molecule has 0 spiro atoms. The maximum Gasteiger partial charge on any atom is 0.305 e. The van der Waals surface area contributed by atoms with Crippen molar-refractivity contribution in [1.29, 1.82) is 0 Å². The highest BCUT2D eigenvalue weighted by atomic mass is 16.5. The molecule has 0 fully saturated rings. The smallest absolute Gasteiger partial charge is 0.305 e. The van der Waals surface area contributed by atoms with Gasteiger partial charge in [-0.15, -0.1) is 0 Å². The van der Waals surface area contributed by atoms with Gasteiger partial charge in [-0.25, -0.2) is 0 Å². The normalized spacial score (nSPS) is 14.5. The second-order valence-corrected chi connectivity index (χ2v) is 8.42. The van der Waals surface area contributed by atoms with Crippen LogP contribution in [0.4, 0.5) is 0 Å². The van der Waals surface area contributed by atoms with E-state index in [-0.39, 0.29) is 22.5 Å². The minimum atomic E-state index is -0.624. The van der Waals surface area contributed by atoms with E-state index in [9.17, 15) is 14.4 Å². The second-order valence-electron chi connectivity index (χ2n) is 8.42. The van der Waals surface area contributed by atoms with Gasteiger partial charge in [0.05, 0.1) is 19.3 Å². The van der Waals surface area contributed by atoms with Crippen molar-refractivity contribution < 1.29 is 28.3 Å². The largest absolute Gasteiger partial charge is 0.493 e. The number of furan rings is 1. The Balaban J connectivity index is 1.70. The topological polar surface area (TPSA) is 107 Å². The van der Waals surface area contributed by atoms with Gasteiger partial charge in [0.2, 0.25) is 0 Å². The van der Waals surface area contributed by atoms with Gasteiger partial charge in [0.1, 0.15) is 5.76 Å². The number of carbonyl (C=O) groups is 3. The number of carbonyl (C=O) groups excluding carboxylic acids is 3. The molecule has 2 aromatic rings. The standard InChI is InChI=1S/C23H28N2O6/c1-6-9-30-16-8-7-14(10-17(16)29-5)21(27)24-25-22(28)20-13(2)19-15(26)11-23(3,4)12-18(19)31-20/h7-8,10H,6,9,11-12H2,1-5H3,(H,24,27)(H,25,28). The first-order chi connectivity index (χ1) is 14.7. The van der Waals surface area contributed by atoms with Crippen molar-refractivity contribution in [3.8, 4) is 11.5 Å². The summed E-state index contributed by atoms with van der Waals surface area (Å²) in [5.41, 5.74) is 5.75. The quantitative estimate of drug-likeness (QED) is 0.681. The Hall–Kier alpha value is -3.29. The Morgan fingerprint density at radius 3 is 2.52 bits per heavy atom. The number of hydrogen-bond acceptors (Lipinski definition) is 6. The Morgan fingerprint density at radius 1 is 1.13 bits per heavy atom. The van der Waals surface area contributed by atoms with Crippen LogP contribution in [-0.4, -0.2) is 31.3 Å². The summed E-state index contributed by atoms with van der Waals surface area (Å²) in [6, 6.07) is 4.75.